The van der Waals surface area contributed by atoms with Crippen LogP contribution in [0.15, 0.2) is 0 Å². The minimum atomic E-state index is -1.28. The maximum atomic E-state index is 12.5. The topological polar surface area (TPSA) is 20.3 Å². The summed E-state index contributed by atoms with van der Waals surface area (Å²) < 4.78 is 12.5. The smallest absolute Gasteiger partial charge is 0.315 e. The van der Waals surface area contributed by atoms with E-state index in [9.17, 15) is 9.18 Å². The zero-order chi connectivity index (χ0) is 10.7. The van der Waals surface area contributed by atoms with Gasteiger partial charge in [0, 0.05) is 21.9 Å². The molecule has 1 fully saturated rings. The molecule has 0 aromatic carbocycles. The zero-order valence-corrected chi connectivity index (χ0v) is 10.2. The van der Waals surface area contributed by atoms with Crippen LogP contribution in [0.5, 0.6) is 0 Å². The van der Waals surface area contributed by atoms with Crippen LogP contribution >= 0.6 is 0 Å². The van der Waals surface area contributed by atoms with Crippen molar-refractivity contribution in [3.63, 3.8) is 0 Å². The average Bonchev–Trinajstić information content (AvgIpc) is 2.16. The summed E-state index contributed by atoms with van der Waals surface area (Å²) in [6, 6.07) is 0.145. The largest absolute Gasteiger partial charge is 0.400 e. The van der Waals surface area contributed by atoms with Gasteiger partial charge in [0.05, 0.1) is 0 Å². The lowest BCUT2D eigenvalue weighted by molar-refractivity contribution is 0.152. The molecule has 0 heterocycles. The normalized spacial score (nSPS) is 27.8. The van der Waals surface area contributed by atoms with Gasteiger partial charge in [-0.05, 0) is 18.4 Å². The van der Waals surface area contributed by atoms with Crippen molar-refractivity contribution in [3.05, 3.63) is 0 Å². The summed E-state index contributed by atoms with van der Waals surface area (Å²) >= 11 is 0. The lowest BCUT2D eigenvalue weighted by atomic mass is 9.94. The van der Waals surface area contributed by atoms with Crippen LogP contribution in [0.1, 0.15) is 25.7 Å². The molecule has 81 valence electrons. The molecule has 0 aromatic rings. The Morgan fingerprint density at radius 3 is 2.57 bits per heavy atom. The number of rotatable bonds is 2. The number of amides is 1. The second-order valence-electron chi connectivity index (χ2n) is 4.46. The minimum Gasteiger partial charge on any atom is -0.315 e. The van der Waals surface area contributed by atoms with Crippen molar-refractivity contribution in [3.8, 4) is 0 Å². The molecule has 0 bridgehead atoms. The summed E-state index contributed by atoms with van der Waals surface area (Å²) in [6.07, 6.45) is 3.11. The molecule has 14 heavy (non-hydrogen) atoms. The molecular weight excluding hydrogens is 197 g/mol. The first kappa shape index (κ1) is 11.7. The molecule has 4 heteroatoms. The van der Waals surface area contributed by atoms with E-state index in [1.54, 1.807) is 7.05 Å². The molecular formula is C10H19FNOSi. The molecule has 0 N–H and O–H groups in total. The number of carbonyl (C=O) groups is 1. The van der Waals surface area contributed by atoms with E-state index in [1.165, 1.54) is 11.3 Å². The molecule has 1 aliphatic rings. The Bertz CT molecular complexity index is 210. The second-order valence-corrected chi connectivity index (χ2v) is 7.43. The van der Waals surface area contributed by atoms with Crippen molar-refractivity contribution < 1.29 is 9.18 Å². The standard InChI is InChI=1S/C10H19FNOSi/c1-12(10(11)13)8-5-4-6-9(7-8)14(2)3/h8-9H,4-7H2,1-3H3. The van der Waals surface area contributed by atoms with E-state index in [0.29, 0.717) is 0 Å². The molecule has 0 spiro atoms. The van der Waals surface area contributed by atoms with Gasteiger partial charge in [-0.15, -0.1) is 4.39 Å². The van der Waals surface area contributed by atoms with Crippen LogP contribution in [-0.2, 0) is 0 Å². The lowest BCUT2D eigenvalue weighted by Gasteiger charge is -2.35. The highest BCUT2D eigenvalue weighted by molar-refractivity contribution is 6.57. The van der Waals surface area contributed by atoms with E-state index in [4.69, 9.17) is 0 Å². The fourth-order valence-electron chi connectivity index (χ4n) is 2.18. The van der Waals surface area contributed by atoms with Crippen LogP contribution < -0.4 is 0 Å². The van der Waals surface area contributed by atoms with Crippen molar-refractivity contribution >= 4 is 15.0 Å². The van der Waals surface area contributed by atoms with Gasteiger partial charge in [-0.2, -0.15) is 0 Å². The van der Waals surface area contributed by atoms with E-state index in [0.717, 1.165) is 24.8 Å². The van der Waals surface area contributed by atoms with E-state index in [-0.39, 0.29) is 14.8 Å². The molecule has 0 aromatic heterocycles. The Morgan fingerprint density at radius 2 is 2.07 bits per heavy atom. The molecule has 1 aliphatic carbocycles. The average molecular weight is 216 g/mol. The minimum absolute atomic E-state index is 0.145. The Labute approximate surface area is 87.1 Å². The quantitative estimate of drug-likeness (QED) is 0.394. The SMILES string of the molecule is CN(C(=O)F)C1CCCC([Si](C)C)C1. The Kier molecular flexibility index (Phi) is 4.10. The van der Waals surface area contributed by atoms with Gasteiger partial charge in [-0.3, -0.25) is 0 Å². The number of hydrogen-bond donors (Lipinski definition) is 0. The fourth-order valence-corrected chi connectivity index (χ4v) is 3.71. The number of hydrogen-bond acceptors (Lipinski definition) is 1. The van der Waals surface area contributed by atoms with E-state index in [1.807, 2.05) is 0 Å². The zero-order valence-electron chi connectivity index (χ0n) is 9.22. The molecule has 1 saturated carbocycles. The van der Waals surface area contributed by atoms with Crippen LogP contribution in [0.3, 0.4) is 0 Å². The van der Waals surface area contributed by atoms with E-state index < -0.39 is 6.16 Å². The van der Waals surface area contributed by atoms with Crippen LogP contribution in [0.4, 0.5) is 9.18 Å². The van der Waals surface area contributed by atoms with Crippen molar-refractivity contribution in [1.29, 1.82) is 0 Å². The second kappa shape index (κ2) is 4.91. The Balaban J connectivity index is 2.51. The molecule has 1 rings (SSSR count). The summed E-state index contributed by atoms with van der Waals surface area (Å²) in [5.41, 5.74) is 0.751. The van der Waals surface area contributed by atoms with Crippen molar-refractivity contribution in [1.82, 2.24) is 4.90 Å². The molecule has 2 unspecified atom stereocenters. The van der Waals surface area contributed by atoms with Crippen LogP contribution in [0.25, 0.3) is 0 Å². The maximum absolute atomic E-state index is 12.5. The van der Waals surface area contributed by atoms with Gasteiger partial charge in [0.25, 0.3) is 0 Å². The third-order valence-corrected chi connectivity index (χ3v) is 5.45. The van der Waals surface area contributed by atoms with E-state index >= 15 is 0 Å². The van der Waals surface area contributed by atoms with Gasteiger partial charge < -0.3 is 4.90 Å². The monoisotopic (exact) mass is 216 g/mol. The molecule has 1 radical (unpaired) electrons. The van der Waals surface area contributed by atoms with Crippen LogP contribution in [-0.4, -0.2) is 32.9 Å². The maximum Gasteiger partial charge on any atom is 0.400 e. The third-order valence-electron chi connectivity index (χ3n) is 3.29. The first-order valence-electron chi connectivity index (χ1n) is 5.24. The highest BCUT2D eigenvalue weighted by Gasteiger charge is 2.29. The lowest BCUT2D eigenvalue weighted by Crippen LogP contribution is -2.38. The van der Waals surface area contributed by atoms with Gasteiger partial charge >= 0.3 is 6.16 Å². The number of halogens is 1. The molecule has 1 amide bonds. The summed E-state index contributed by atoms with van der Waals surface area (Å²) in [5, 5.41) is 0. The molecule has 2 nitrogen and oxygen atoms in total. The Hall–Kier alpha value is -0.383. The predicted molar refractivity (Wildman–Crippen MR) is 57.8 cm³/mol. The summed E-state index contributed by atoms with van der Waals surface area (Å²) in [4.78, 5) is 11.9. The number of carbonyl (C=O) groups excluding carboxylic acids is 1. The predicted octanol–water partition coefficient (Wildman–Crippen LogP) is 3.07. The van der Waals surface area contributed by atoms with Crippen molar-refractivity contribution in [2.45, 2.75) is 50.4 Å². The fraction of sp³-hybridized carbons (Fsp3) is 0.900. The van der Waals surface area contributed by atoms with Gasteiger partial charge in [0.2, 0.25) is 0 Å². The van der Waals surface area contributed by atoms with Crippen LogP contribution in [0.2, 0.25) is 18.6 Å². The van der Waals surface area contributed by atoms with Gasteiger partial charge in [0.15, 0.2) is 0 Å². The Morgan fingerprint density at radius 1 is 1.43 bits per heavy atom. The summed E-state index contributed by atoms with van der Waals surface area (Å²) in [7, 11) is 1.29. The highest BCUT2D eigenvalue weighted by atomic mass is 28.3. The van der Waals surface area contributed by atoms with Crippen LogP contribution in [0, 0.1) is 0 Å². The first-order valence-corrected chi connectivity index (χ1v) is 7.82. The molecule has 0 saturated heterocycles. The third kappa shape index (κ3) is 2.80. The van der Waals surface area contributed by atoms with E-state index in [2.05, 4.69) is 13.1 Å². The molecule has 0 aliphatic heterocycles. The first-order chi connectivity index (χ1) is 6.52. The van der Waals surface area contributed by atoms with Gasteiger partial charge in [-0.25, -0.2) is 4.79 Å². The number of nitrogens with zero attached hydrogens (tertiary/aromatic N) is 1. The van der Waals surface area contributed by atoms with Crippen molar-refractivity contribution in [2.75, 3.05) is 7.05 Å². The summed E-state index contributed by atoms with van der Waals surface area (Å²) in [6.45, 7) is 4.60. The van der Waals surface area contributed by atoms with Gasteiger partial charge in [-0.1, -0.05) is 25.9 Å². The van der Waals surface area contributed by atoms with Crippen molar-refractivity contribution in [2.24, 2.45) is 0 Å². The highest BCUT2D eigenvalue weighted by Crippen LogP contribution is 2.33. The van der Waals surface area contributed by atoms with Gasteiger partial charge in [0.1, 0.15) is 0 Å². The summed E-state index contributed by atoms with van der Waals surface area (Å²) in [5.74, 6) is 0. The molecule has 2 atom stereocenters.